The molecule has 1 heterocycles. The van der Waals surface area contributed by atoms with Crippen LogP contribution in [0, 0.1) is 0 Å². The van der Waals surface area contributed by atoms with E-state index in [0.717, 1.165) is 16.6 Å². The van der Waals surface area contributed by atoms with Crippen molar-refractivity contribution in [3.63, 3.8) is 0 Å². The molecule has 0 saturated heterocycles. The Labute approximate surface area is 144 Å². The van der Waals surface area contributed by atoms with E-state index in [2.05, 4.69) is 57.1 Å². The summed E-state index contributed by atoms with van der Waals surface area (Å²) in [5.41, 5.74) is 2.18. The molecule has 0 aliphatic carbocycles. The zero-order valence-corrected chi connectivity index (χ0v) is 14.7. The average molecular weight is 372 g/mol. The smallest absolute Gasteiger partial charge is 0.247 e. The van der Waals surface area contributed by atoms with Gasteiger partial charge in [-0.15, -0.1) is 10.2 Å². The molecule has 0 amide bonds. The minimum absolute atomic E-state index is 0.0450. The predicted molar refractivity (Wildman–Crippen MR) is 93.8 cm³/mol. The Balaban J connectivity index is 1.71. The Bertz CT molecular complexity index is 755. The van der Waals surface area contributed by atoms with Gasteiger partial charge in [-0.25, -0.2) is 0 Å². The molecule has 0 bridgehead atoms. The minimum atomic E-state index is 0.0450. The van der Waals surface area contributed by atoms with Crippen molar-refractivity contribution in [1.29, 1.82) is 0 Å². The molecular weight excluding hydrogens is 354 g/mol. The van der Waals surface area contributed by atoms with Crippen molar-refractivity contribution in [1.82, 2.24) is 15.1 Å². The SMILES string of the molecule is C[C@H](c1nnc(-c2ccccc2)o1)N(C)Cc1ccc(Br)cc1. The first kappa shape index (κ1) is 15.9. The molecule has 0 saturated carbocycles. The lowest BCUT2D eigenvalue weighted by atomic mass is 10.2. The van der Waals surface area contributed by atoms with E-state index < -0.39 is 0 Å². The van der Waals surface area contributed by atoms with Crippen molar-refractivity contribution in [3.8, 4) is 11.5 Å². The van der Waals surface area contributed by atoms with Gasteiger partial charge < -0.3 is 4.42 Å². The van der Waals surface area contributed by atoms with Crippen LogP contribution in [0.2, 0.25) is 0 Å². The maximum Gasteiger partial charge on any atom is 0.247 e. The molecule has 3 aromatic rings. The Hall–Kier alpha value is -1.98. The highest BCUT2D eigenvalue weighted by Gasteiger charge is 2.19. The zero-order chi connectivity index (χ0) is 16.2. The second kappa shape index (κ2) is 7.06. The molecule has 23 heavy (non-hydrogen) atoms. The van der Waals surface area contributed by atoms with Crippen LogP contribution in [-0.2, 0) is 6.54 Å². The van der Waals surface area contributed by atoms with Crippen LogP contribution in [0.5, 0.6) is 0 Å². The second-order valence-corrected chi connectivity index (χ2v) is 6.44. The van der Waals surface area contributed by atoms with Gasteiger partial charge >= 0.3 is 0 Å². The Morgan fingerprint density at radius 2 is 1.74 bits per heavy atom. The highest BCUT2D eigenvalue weighted by Crippen LogP contribution is 2.24. The Morgan fingerprint density at radius 3 is 2.43 bits per heavy atom. The second-order valence-electron chi connectivity index (χ2n) is 5.53. The molecule has 0 N–H and O–H groups in total. The summed E-state index contributed by atoms with van der Waals surface area (Å²) in [6, 6.07) is 18.2. The molecular formula is C18H18BrN3O. The van der Waals surface area contributed by atoms with E-state index in [1.54, 1.807) is 0 Å². The van der Waals surface area contributed by atoms with Crippen molar-refractivity contribution >= 4 is 15.9 Å². The van der Waals surface area contributed by atoms with E-state index in [0.29, 0.717) is 11.8 Å². The third-order valence-corrected chi connectivity index (χ3v) is 4.35. The molecule has 0 radical (unpaired) electrons. The summed E-state index contributed by atoms with van der Waals surface area (Å²) in [6.45, 7) is 2.89. The fraction of sp³-hybridized carbons (Fsp3) is 0.222. The lowest BCUT2D eigenvalue weighted by Crippen LogP contribution is -2.22. The molecule has 0 fully saturated rings. The van der Waals surface area contributed by atoms with Crippen LogP contribution in [0.3, 0.4) is 0 Å². The number of hydrogen-bond donors (Lipinski definition) is 0. The Kier molecular flexibility index (Phi) is 4.88. The molecule has 0 aliphatic rings. The molecule has 4 nitrogen and oxygen atoms in total. The molecule has 0 spiro atoms. The summed E-state index contributed by atoms with van der Waals surface area (Å²) >= 11 is 3.46. The van der Waals surface area contributed by atoms with Gasteiger partial charge in [0.25, 0.3) is 0 Å². The number of rotatable bonds is 5. The van der Waals surface area contributed by atoms with Crippen molar-refractivity contribution in [2.75, 3.05) is 7.05 Å². The first-order valence-electron chi connectivity index (χ1n) is 7.47. The average Bonchev–Trinajstić information content (AvgIpc) is 3.07. The maximum absolute atomic E-state index is 5.84. The topological polar surface area (TPSA) is 42.2 Å². The van der Waals surface area contributed by atoms with Gasteiger partial charge in [0, 0.05) is 16.6 Å². The van der Waals surface area contributed by atoms with Crippen LogP contribution >= 0.6 is 15.9 Å². The lowest BCUT2D eigenvalue weighted by Gasteiger charge is -2.21. The number of hydrogen-bond acceptors (Lipinski definition) is 4. The van der Waals surface area contributed by atoms with E-state index in [4.69, 9.17) is 4.42 Å². The minimum Gasteiger partial charge on any atom is -0.419 e. The molecule has 0 aliphatic heterocycles. The van der Waals surface area contributed by atoms with E-state index in [-0.39, 0.29) is 6.04 Å². The Morgan fingerprint density at radius 1 is 1.04 bits per heavy atom. The van der Waals surface area contributed by atoms with E-state index >= 15 is 0 Å². The van der Waals surface area contributed by atoms with Crippen molar-refractivity contribution in [3.05, 3.63) is 70.5 Å². The van der Waals surface area contributed by atoms with Gasteiger partial charge in [-0.3, -0.25) is 4.90 Å². The molecule has 0 unspecified atom stereocenters. The van der Waals surface area contributed by atoms with Crippen molar-refractivity contribution in [2.24, 2.45) is 0 Å². The third-order valence-electron chi connectivity index (χ3n) is 3.83. The van der Waals surface area contributed by atoms with E-state index in [1.807, 2.05) is 42.5 Å². The number of halogens is 1. The van der Waals surface area contributed by atoms with Gasteiger partial charge in [0.15, 0.2) is 0 Å². The lowest BCUT2D eigenvalue weighted by molar-refractivity contribution is 0.218. The summed E-state index contributed by atoms with van der Waals surface area (Å²) in [5.74, 6) is 1.19. The molecule has 1 aromatic heterocycles. The summed E-state index contributed by atoms with van der Waals surface area (Å²) in [7, 11) is 2.05. The van der Waals surface area contributed by atoms with Crippen LogP contribution in [0.1, 0.15) is 24.4 Å². The van der Waals surface area contributed by atoms with Crippen LogP contribution < -0.4 is 0 Å². The zero-order valence-electron chi connectivity index (χ0n) is 13.1. The van der Waals surface area contributed by atoms with Gasteiger partial charge in [-0.05, 0) is 43.8 Å². The first-order valence-corrected chi connectivity index (χ1v) is 8.26. The largest absolute Gasteiger partial charge is 0.419 e. The van der Waals surface area contributed by atoms with Gasteiger partial charge in [0.1, 0.15) is 0 Å². The number of nitrogens with zero attached hydrogens (tertiary/aromatic N) is 3. The van der Waals surface area contributed by atoms with Gasteiger partial charge in [0.2, 0.25) is 11.8 Å². The summed E-state index contributed by atoms with van der Waals surface area (Å²) in [5, 5.41) is 8.36. The van der Waals surface area contributed by atoms with Crippen molar-refractivity contribution in [2.45, 2.75) is 19.5 Å². The van der Waals surface area contributed by atoms with E-state index in [9.17, 15) is 0 Å². The molecule has 1 atom stereocenters. The summed E-state index contributed by atoms with van der Waals surface area (Å²) in [6.07, 6.45) is 0. The quantitative estimate of drug-likeness (QED) is 0.652. The monoisotopic (exact) mass is 371 g/mol. The molecule has 2 aromatic carbocycles. The van der Waals surface area contributed by atoms with E-state index in [1.165, 1.54) is 5.56 Å². The molecule has 3 rings (SSSR count). The molecule has 5 heteroatoms. The van der Waals surface area contributed by atoms with Crippen LogP contribution in [0.15, 0.2) is 63.5 Å². The van der Waals surface area contributed by atoms with Gasteiger partial charge in [-0.1, -0.05) is 46.3 Å². The first-order chi connectivity index (χ1) is 11.1. The highest BCUT2D eigenvalue weighted by atomic mass is 79.9. The standard InChI is InChI=1S/C18H18BrN3O/c1-13(22(2)12-14-8-10-16(19)11-9-14)17-20-21-18(23-17)15-6-4-3-5-7-15/h3-11,13H,12H2,1-2H3/t13-/m1/s1. The summed E-state index contributed by atoms with van der Waals surface area (Å²) < 4.78 is 6.92. The highest BCUT2D eigenvalue weighted by molar-refractivity contribution is 9.10. The molecule has 118 valence electrons. The fourth-order valence-electron chi connectivity index (χ4n) is 2.30. The number of aromatic nitrogens is 2. The fourth-order valence-corrected chi connectivity index (χ4v) is 2.57. The summed E-state index contributed by atoms with van der Waals surface area (Å²) in [4.78, 5) is 2.19. The van der Waals surface area contributed by atoms with Gasteiger partial charge in [0.05, 0.1) is 6.04 Å². The van der Waals surface area contributed by atoms with Crippen LogP contribution in [-0.4, -0.2) is 22.1 Å². The normalized spacial score (nSPS) is 12.5. The predicted octanol–water partition coefficient (Wildman–Crippen LogP) is 4.69. The third kappa shape index (κ3) is 3.86. The van der Waals surface area contributed by atoms with Gasteiger partial charge in [-0.2, -0.15) is 0 Å². The van der Waals surface area contributed by atoms with Crippen molar-refractivity contribution < 1.29 is 4.42 Å². The maximum atomic E-state index is 5.84. The number of benzene rings is 2. The van der Waals surface area contributed by atoms with Crippen LogP contribution in [0.25, 0.3) is 11.5 Å². The van der Waals surface area contributed by atoms with Crippen LogP contribution in [0.4, 0.5) is 0 Å².